The average Bonchev–Trinajstić information content (AvgIpc) is 3.21. The SMILES string of the molecule is CN=C(NCCOc1ccc(F)cc1F)NC1CCN(c2cccs2)CC1. The smallest absolute Gasteiger partial charge is 0.191 e. The number of piperidine rings is 1. The molecule has 0 atom stereocenters. The number of hydrogen-bond donors (Lipinski definition) is 2. The highest BCUT2D eigenvalue weighted by Crippen LogP contribution is 2.24. The lowest BCUT2D eigenvalue weighted by atomic mass is 10.1. The van der Waals surface area contributed by atoms with Crippen LogP contribution in [0.15, 0.2) is 40.7 Å². The fourth-order valence-corrected chi connectivity index (χ4v) is 3.79. The first kappa shape index (κ1) is 19.4. The number of ether oxygens (including phenoxy) is 1. The number of aliphatic imine (C=N–C) groups is 1. The number of halogens is 2. The van der Waals surface area contributed by atoms with Crippen LogP contribution in [0, 0.1) is 11.6 Å². The zero-order valence-corrected chi connectivity index (χ0v) is 16.1. The summed E-state index contributed by atoms with van der Waals surface area (Å²) in [7, 11) is 1.72. The molecule has 0 aliphatic carbocycles. The topological polar surface area (TPSA) is 48.9 Å². The van der Waals surface area contributed by atoms with Crippen molar-refractivity contribution in [1.29, 1.82) is 0 Å². The second kappa shape index (κ2) is 9.55. The molecule has 1 aromatic heterocycles. The summed E-state index contributed by atoms with van der Waals surface area (Å²) in [6, 6.07) is 7.88. The lowest BCUT2D eigenvalue weighted by Gasteiger charge is -2.33. The van der Waals surface area contributed by atoms with Crippen molar-refractivity contribution < 1.29 is 13.5 Å². The molecular weight excluding hydrogens is 370 g/mol. The van der Waals surface area contributed by atoms with E-state index >= 15 is 0 Å². The van der Waals surface area contributed by atoms with Crippen LogP contribution in [0.1, 0.15) is 12.8 Å². The average molecular weight is 394 g/mol. The van der Waals surface area contributed by atoms with Gasteiger partial charge in [-0.2, -0.15) is 0 Å². The van der Waals surface area contributed by atoms with Crippen LogP contribution >= 0.6 is 11.3 Å². The molecule has 1 aliphatic heterocycles. The molecule has 2 aromatic rings. The highest BCUT2D eigenvalue weighted by Gasteiger charge is 2.20. The molecule has 0 saturated carbocycles. The summed E-state index contributed by atoms with van der Waals surface area (Å²) < 4.78 is 31.7. The van der Waals surface area contributed by atoms with Gasteiger partial charge >= 0.3 is 0 Å². The van der Waals surface area contributed by atoms with Crippen LogP contribution in [0.5, 0.6) is 5.75 Å². The van der Waals surface area contributed by atoms with Crippen molar-refractivity contribution in [3.05, 3.63) is 47.3 Å². The highest BCUT2D eigenvalue weighted by molar-refractivity contribution is 7.14. The van der Waals surface area contributed by atoms with Crippen molar-refractivity contribution in [2.24, 2.45) is 4.99 Å². The molecule has 2 heterocycles. The van der Waals surface area contributed by atoms with Gasteiger partial charge in [0.25, 0.3) is 0 Å². The maximum absolute atomic E-state index is 13.5. The summed E-state index contributed by atoms with van der Waals surface area (Å²) in [6.45, 7) is 2.74. The Bertz CT molecular complexity index is 746. The van der Waals surface area contributed by atoms with Crippen LogP contribution < -0.4 is 20.3 Å². The quantitative estimate of drug-likeness (QED) is 0.449. The minimum atomic E-state index is -0.699. The van der Waals surface area contributed by atoms with Gasteiger partial charge in [0.1, 0.15) is 12.4 Å². The molecule has 1 saturated heterocycles. The molecular formula is C19H24F2N4OS. The second-order valence-corrected chi connectivity index (χ2v) is 7.21. The zero-order chi connectivity index (χ0) is 19.1. The van der Waals surface area contributed by atoms with E-state index in [0.717, 1.165) is 32.0 Å². The van der Waals surface area contributed by atoms with Crippen molar-refractivity contribution in [1.82, 2.24) is 10.6 Å². The van der Waals surface area contributed by atoms with E-state index in [1.807, 2.05) is 0 Å². The molecule has 2 N–H and O–H groups in total. The number of thiophene rings is 1. The molecule has 3 rings (SSSR count). The summed E-state index contributed by atoms with van der Waals surface area (Å²) >= 11 is 1.77. The van der Waals surface area contributed by atoms with E-state index in [4.69, 9.17) is 4.74 Å². The normalized spacial score (nSPS) is 15.7. The first-order valence-electron chi connectivity index (χ1n) is 8.99. The lowest BCUT2D eigenvalue weighted by molar-refractivity contribution is 0.304. The molecule has 0 amide bonds. The van der Waals surface area contributed by atoms with Gasteiger partial charge in [0, 0.05) is 32.2 Å². The lowest BCUT2D eigenvalue weighted by Crippen LogP contribution is -2.49. The fraction of sp³-hybridized carbons (Fsp3) is 0.421. The first-order valence-corrected chi connectivity index (χ1v) is 9.87. The minimum absolute atomic E-state index is 0.0436. The van der Waals surface area contributed by atoms with Crippen LogP contribution in [-0.4, -0.2) is 45.3 Å². The van der Waals surface area contributed by atoms with Crippen molar-refractivity contribution in [2.75, 3.05) is 38.2 Å². The summed E-state index contributed by atoms with van der Waals surface area (Å²) in [6.07, 6.45) is 2.08. The van der Waals surface area contributed by atoms with Gasteiger partial charge in [-0.25, -0.2) is 8.78 Å². The van der Waals surface area contributed by atoms with Crippen LogP contribution in [0.3, 0.4) is 0 Å². The Labute approximate surface area is 162 Å². The van der Waals surface area contributed by atoms with Crippen LogP contribution in [-0.2, 0) is 0 Å². The third kappa shape index (κ3) is 5.56. The van der Waals surface area contributed by atoms with E-state index in [1.165, 1.54) is 17.1 Å². The van der Waals surface area contributed by atoms with Crippen LogP contribution in [0.4, 0.5) is 13.8 Å². The predicted octanol–water partition coefficient (Wildman–Crippen LogP) is 3.24. The summed E-state index contributed by atoms with van der Waals surface area (Å²) in [4.78, 5) is 6.64. The molecule has 146 valence electrons. The van der Waals surface area contributed by atoms with Gasteiger partial charge in [0.2, 0.25) is 0 Å². The van der Waals surface area contributed by atoms with Crippen LogP contribution in [0.25, 0.3) is 0 Å². The molecule has 27 heavy (non-hydrogen) atoms. The Hall–Kier alpha value is -2.35. The Morgan fingerprint density at radius 3 is 2.78 bits per heavy atom. The Morgan fingerprint density at radius 2 is 2.11 bits per heavy atom. The number of nitrogens with zero attached hydrogens (tertiary/aromatic N) is 2. The third-order valence-corrected chi connectivity index (χ3v) is 5.35. The third-order valence-electron chi connectivity index (χ3n) is 4.42. The van der Waals surface area contributed by atoms with E-state index < -0.39 is 11.6 Å². The predicted molar refractivity (Wildman–Crippen MR) is 106 cm³/mol. The molecule has 5 nitrogen and oxygen atoms in total. The van der Waals surface area contributed by atoms with Gasteiger partial charge in [-0.05, 0) is 42.5 Å². The number of benzene rings is 1. The molecule has 8 heteroatoms. The largest absolute Gasteiger partial charge is 0.489 e. The maximum atomic E-state index is 13.5. The highest BCUT2D eigenvalue weighted by atomic mass is 32.1. The molecule has 0 unspecified atom stereocenters. The van der Waals surface area contributed by atoms with Crippen molar-refractivity contribution in [3.63, 3.8) is 0 Å². The Kier molecular flexibility index (Phi) is 6.86. The monoisotopic (exact) mass is 394 g/mol. The van der Waals surface area contributed by atoms with Crippen LogP contribution in [0.2, 0.25) is 0 Å². The van der Waals surface area contributed by atoms with Crippen molar-refractivity contribution in [2.45, 2.75) is 18.9 Å². The number of guanidine groups is 1. The molecule has 0 spiro atoms. The van der Waals surface area contributed by atoms with E-state index in [2.05, 4.69) is 38.0 Å². The number of anilines is 1. The Balaban J connectivity index is 1.37. The summed E-state index contributed by atoms with van der Waals surface area (Å²) in [5.41, 5.74) is 0. The van der Waals surface area contributed by atoms with Gasteiger partial charge in [-0.1, -0.05) is 0 Å². The number of hydrogen-bond acceptors (Lipinski definition) is 4. The molecule has 0 radical (unpaired) electrons. The van der Waals surface area contributed by atoms with Gasteiger partial charge in [-0.3, -0.25) is 4.99 Å². The maximum Gasteiger partial charge on any atom is 0.191 e. The molecule has 1 aromatic carbocycles. The molecule has 1 fully saturated rings. The molecule has 1 aliphatic rings. The van der Waals surface area contributed by atoms with E-state index in [1.54, 1.807) is 18.4 Å². The van der Waals surface area contributed by atoms with E-state index in [0.29, 0.717) is 18.5 Å². The van der Waals surface area contributed by atoms with Gasteiger partial charge < -0.3 is 20.3 Å². The fourth-order valence-electron chi connectivity index (χ4n) is 3.00. The summed E-state index contributed by atoms with van der Waals surface area (Å²) in [5, 5.41) is 10.0. The Morgan fingerprint density at radius 1 is 1.30 bits per heavy atom. The van der Waals surface area contributed by atoms with Gasteiger partial charge in [0.15, 0.2) is 17.5 Å². The van der Waals surface area contributed by atoms with Crippen molar-refractivity contribution >= 4 is 22.3 Å². The van der Waals surface area contributed by atoms with E-state index in [9.17, 15) is 8.78 Å². The van der Waals surface area contributed by atoms with Gasteiger partial charge in [-0.15, -0.1) is 11.3 Å². The standard InChI is InChI=1S/C19H24F2N4OS/c1-22-19(23-8-11-26-17-5-4-14(20)13-16(17)21)24-15-6-9-25(10-7-15)18-3-2-12-27-18/h2-5,12-13,15H,6-11H2,1H3,(H2,22,23,24). The number of rotatable bonds is 6. The second-order valence-electron chi connectivity index (χ2n) is 6.28. The zero-order valence-electron chi connectivity index (χ0n) is 15.3. The van der Waals surface area contributed by atoms with Crippen molar-refractivity contribution in [3.8, 4) is 5.75 Å². The summed E-state index contributed by atoms with van der Waals surface area (Å²) in [5.74, 6) is -0.572. The minimum Gasteiger partial charge on any atom is -0.489 e. The van der Waals surface area contributed by atoms with E-state index in [-0.39, 0.29) is 12.4 Å². The first-order chi connectivity index (χ1) is 13.2. The van der Waals surface area contributed by atoms with Gasteiger partial charge in [0.05, 0.1) is 11.5 Å². The number of nitrogens with one attached hydrogen (secondary N) is 2. The molecule has 0 bridgehead atoms.